The summed E-state index contributed by atoms with van der Waals surface area (Å²) in [6.07, 6.45) is 5.00. The predicted octanol–water partition coefficient (Wildman–Crippen LogP) is 2.88. The number of sulfonamides is 1. The normalized spacial score (nSPS) is 18.1. The number of fused-ring (bicyclic) bond motifs is 1. The van der Waals surface area contributed by atoms with Crippen LogP contribution in [0.1, 0.15) is 11.3 Å². The fourth-order valence-corrected chi connectivity index (χ4v) is 5.21. The van der Waals surface area contributed by atoms with Gasteiger partial charge in [-0.15, -0.1) is 0 Å². The Bertz CT molecular complexity index is 1240. The lowest BCUT2D eigenvalue weighted by atomic mass is 10.1. The molecule has 32 heavy (non-hydrogen) atoms. The fourth-order valence-electron chi connectivity index (χ4n) is 3.76. The second-order valence-corrected chi connectivity index (χ2v) is 9.65. The van der Waals surface area contributed by atoms with Gasteiger partial charge in [-0.05, 0) is 35.9 Å². The third kappa shape index (κ3) is 4.71. The number of H-pyrrole nitrogens is 1. The summed E-state index contributed by atoms with van der Waals surface area (Å²) in [5.41, 5.74) is 2.38. The molecule has 168 valence electrons. The Hall–Kier alpha value is -2.72. The summed E-state index contributed by atoms with van der Waals surface area (Å²) in [7, 11) is -2.40. The molecule has 3 heterocycles. The molecule has 2 aromatic heterocycles. The van der Waals surface area contributed by atoms with Crippen LogP contribution < -0.4 is 0 Å². The summed E-state index contributed by atoms with van der Waals surface area (Å²) in [5, 5.41) is 2.62. The standard InChI is InChI=1S/C22H23ClN4O4S/c1-31-15-21-22(28)26(14-20-18-6-9-24-19(18)7-10-25-20)11-12-27(21)32(29,30)13-8-16-2-4-17(23)5-3-16/h2-10,13,21,24H,11-12,14-15H2,1H3/t21-/m0/s1. The van der Waals surface area contributed by atoms with E-state index in [-0.39, 0.29) is 25.6 Å². The molecule has 0 bridgehead atoms. The van der Waals surface area contributed by atoms with Crippen molar-refractivity contribution in [3.8, 4) is 0 Å². The number of methoxy groups -OCH3 is 1. The summed E-state index contributed by atoms with van der Waals surface area (Å²) in [6, 6.07) is 9.64. The zero-order chi connectivity index (χ0) is 22.7. The highest BCUT2D eigenvalue weighted by molar-refractivity contribution is 7.92. The third-order valence-corrected chi connectivity index (χ3v) is 7.21. The first-order chi connectivity index (χ1) is 15.4. The van der Waals surface area contributed by atoms with Crippen LogP contribution in [0.15, 0.2) is 54.2 Å². The van der Waals surface area contributed by atoms with Gasteiger partial charge in [0.2, 0.25) is 15.9 Å². The number of nitrogens with zero attached hydrogens (tertiary/aromatic N) is 3. The molecule has 0 unspecified atom stereocenters. The highest BCUT2D eigenvalue weighted by atomic mass is 35.5. The van der Waals surface area contributed by atoms with Gasteiger partial charge in [0.05, 0.1) is 18.8 Å². The average Bonchev–Trinajstić information content (AvgIpc) is 3.26. The molecule has 1 aliphatic rings. The zero-order valence-corrected chi connectivity index (χ0v) is 19.0. The maximum absolute atomic E-state index is 13.2. The fraction of sp³-hybridized carbons (Fsp3) is 0.273. The van der Waals surface area contributed by atoms with Crippen molar-refractivity contribution in [2.45, 2.75) is 12.6 Å². The van der Waals surface area contributed by atoms with E-state index in [0.29, 0.717) is 17.1 Å². The van der Waals surface area contributed by atoms with E-state index in [4.69, 9.17) is 16.3 Å². The van der Waals surface area contributed by atoms with E-state index in [0.717, 1.165) is 22.0 Å². The van der Waals surface area contributed by atoms with Gasteiger partial charge in [-0.3, -0.25) is 9.78 Å². The van der Waals surface area contributed by atoms with Crippen molar-refractivity contribution in [2.75, 3.05) is 26.8 Å². The SMILES string of the molecule is COC[C@H]1C(=O)N(Cc2nccc3[nH]ccc23)CCN1S(=O)(=O)C=Cc1ccc(Cl)cc1. The van der Waals surface area contributed by atoms with Crippen molar-refractivity contribution in [3.05, 3.63) is 70.5 Å². The lowest BCUT2D eigenvalue weighted by molar-refractivity contribution is -0.141. The lowest BCUT2D eigenvalue weighted by Crippen LogP contribution is -2.59. The number of nitrogens with one attached hydrogen (secondary N) is 1. The number of carbonyl (C=O) groups is 1. The van der Waals surface area contributed by atoms with Gasteiger partial charge in [0, 0.05) is 53.9 Å². The van der Waals surface area contributed by atoms with E-state index in [2.05, 4.69) is 9.97 Å². The molecule has 10 heteroatoms. The predicted molar refractivity (Wildman–Crippen MR) is 123 cm³/mol. The lowest BCUT2D eigenvalue weighted by Gasteiger charge is -2.38. The van der Waals surface area contributed by atoms with Gasteiger partial charge < -0.3 is 14.6 Å². The number of ether oxygens (including phenoxy) is 1. The summed E-state index contributed by atoms with van der Waals surface area (Å²) in [4.78, 5) is 22.4. The van der Waals surface area contributed by atoms with Gasteiger partial charge in [-0.25, -0.2) is 8.42 Å². The van der Waals surface area contributed by atoms with Crippen LogP contribution >= 0.6 is 11.6 Å². The Morgan fingerprint density at radius 1 is 1.22 bits per heavy atom. The largest absolute Gasteiger partial charge is 0.382 e. The first-order valence-electron chi connectivity index (χ1n) is 10.0. The van der Waals surface area contributed by atoms with Crippen LogP contribution in [0.2, 0.25) is 5.02 Å². The van der Waals surface area contributed by atoms with Gasteiger partial charge in [-0.2, -0.15) is 4.31 Å². The second-order valence-electron chi connectivity index (χ2n) is 7.44. The molecule has 0 spiro atoms. The van der Waals surface area contributed by atoms with Crippen molar-refractivity contribution >= 4 is 44.5 Å². The highest BCUT2D eigenvalue weighted by Gasteiger charge is 2.40. The van der Waals surface area contributed by atoms with Crippen LogP contribution in [-0.4, -0.2) is 66.3 Å². The minimum Gasteiger partial charge on any atom is -0.382 e. The molecule has 3 aromatic rings. The zero-order valence-electron chi connectivity index (χ0n) is 17.4. The highest BCUT2D eigenvalue weighted by Crippen LogP contribution is 2.22. The number of carbonyl (C=O) groups excluding carboxylic acids is 1. The smallest absolute Gasteiger partial charge is 0.243 e. The van der Waals surface area contributed by atoms with Gasteiger partial charge in [0.1, 0.15) is 6.04 Å². The number of hydrogen-bond acceptors (Lipinski definition) is 5. The number of aromatic amines is 1. The first-order valence-corrected chi connectivity index (χ1v) is 11.9. The molecule has 1 fully saturated rings. The van der Waals surface area contributed by atoms with Crippen LogP contribution in [0.25, 0.3) is 17.0 Å². The molecule has 1 aliphatic heterocycles. The van der Waals surface area contributed by atoms with Gasteiger partial charge in [-0.1, -0.05) is 23.7 Å². The molecule has 0 radical (unpaired) electrons. The molecule has 0 saturated carbocycles. The maximum atomic E-state index is 13.2. The Morgan fingerprint density at radius 3 is 2.75 bits per heavy atom. The molecule has 1 aromatic carbocycles. The minimum atomic E-state index is -3.85. The quantitative estimate of drug-likeness (QED) is 0.568. The summed E-state index contributed by atoms with van der Waals surface area (Å²) in [6.45, 7) is 0.680. The molecular weight excluding hydrogens is 452 g/mol. The molecule has 0 aliphatic carbocycles. The van der Waals surface area contributed by atoms with Crippen LogP contribution in [0.3, 0.4) is 0 Å². The number of aromatic nitrogens is 2. The second kappa shape index (κ2) is 9.41. The topological polar surface area (TPSA) is 95.6 Å². The maximum Gasteiger partial charge on any atom is 0.243 e. The van der Waals surface area contributed by atoms with Gasteiger partial charge in [0.25, 0.3) is 0 Å². The van der Waals surface area contributed by atoms with Crippen molar-refractivity contribution in [3.63, 3.8) is 0 Å². The van der Waals surface area contributed by atoms with Crippen molar-refractivity contribution < 1.29 is 17.9 Å². The monoisotopic (exact) mass is 474 g/mol. The molecule has 1 saturated heterocycles. The summed E-state index contributed by atoms with van der Waals surface area (Å²) >= 11 is 5.88. The molecule has 1 amide bonds. The van der Waals surface area contributed by atoms with E-state index in [1.54, 1.807) is 35.4 Å². The molecular formula is C22H23ClN4O4S. The molecule has 4 rings (SSSR count). The van der Waals surface area contributed by atoms with Crippen LogP contribution in [0.4, 0.5) is 0 Å². The Kier molecular flexibility index (Phi) is 6.61. The first kappa shape index (κ1) is 22.5. The number of amides is 1. The molecule has 1 N–H and O–H groups in total. The molecule has 8 nitrogen and oxygen atoms in total. The van der Waals surface area contributed by atoms with Crippen molar-refractivity contribution in [1.29, 1.82) is 0 Å². The Morgan fingerprint density at radius 2 is 2.00 bits per heavy atom. The minimum absolute atomic E-state index is 0.0366. The van der Waals surface area contributed by atoms with E-state index >= 15 is 0 Å². The van der Waals surface area contributed by atoms with E-state index < -0.39 is 16.1 Å². The van der Waals surface area contributed by atoms with E-state index in [9.17, 15) is 13.2 Å². The number of rotatable bonds is 7. The number of benzene rings is 1. The Balaban J connectivity index is 1.54. The number of halogens is 1. The Labute approximate surface area is 191 Å². The van der Waals surface area contributed by atoms with E-state index in [1.165, 1.54) is 17.5 Å². The van der Waals surface area contributed by atoms with Gasteiger partial charge in [0.15, 0.2) is 0 Å². The number of hydrogen-bond donors (Lipinski definition) is 1. The average molecular weight is 475 g/mol. The third-order valence-electron chi connectivity index (χ3n) is 5.39. The summed E-state index contributed by atoms with van der Waals surface area (Å²) < 4.78 is 32.5. The molecule has 1 atom stereocenters. The summed E-state index contributed by atoms with van der Waals surface area (Å²) in [5.74, 6) is -0.309. The van der Waals surface area contributed by atoms with Crippen molar-refractivity contribution in [1.82, 2.24) is 19.2 Å². The number of piperazine rings is 1. The van der Waals surface area contributed by atoms with Crippen molar-refractivity contribution in [2.24, 2.45) is 0 Å². The van der Waals surface area contributed by atoms with Gasteiger partial charge >= 0.3 is 0 Å². The van der Waals surface area contributed by atoms with E-state index in [1.807, 2.05) is 18.3 Å². The van der Waals surface area contributed by atoms with Crippen LogP contribution in [0, 0.1) is 0 Å². The van der Waals surface area contributed by atoms with Crippen LogP contribution in [-0.2, 0) is 26.1 Å². The number of pyridine rings is 1. The van der Waals surface area contributed by atoms with Crippen LogP contribution in [0.5, 0.6) is 0 Å².